The fourth-order valence-electron chi connectivity index (χ4n) is 1.37. The Labute approximate surface area is 107 Å². The van der Waals surface area contributed by atoms with Gasteiger partial charge in [-0.15, -0.1) is 0 Å². The second-order valence-electron chi connectivity index (χ2n) is 3.99. The van der Waals surface area contributed by atoms with Gasteiger partial charge in [0.2, 0.25) is 10.0 Å². The lowest BCUT2D eigenvalue weighted by Gasteiger charge is -2.15. The number of halogens is 3. The summed E-state index contributed by atoms with van der Waals surface area (Å²) in [6, 6.07) is -0.181. The molecule has 1 unspecified atom stereocenters. The molecule has 1 amide bonds. The molecular weight excluding hydrogens is 287 g/mol. The highest BCUT2D eigenvalue weighted by molar-refractivity contribution is 7.89. The summed E-state index contributed by atoms with van der Waals surface area (Å²) >= 11 is 0. The summed E-state index contributed by atoms with van der Waals surface area (Å²) in [5, 5.41) is 6.92. The van der Waals surface area contributed by atoms with E-state index < -0.39 is 34.6 Å². The molecule has 1 heterocycles. The van der Waals surface area contributed by atoms with Gasteiger partial charge in [-0.05, 0) is 13.0 Å². The molecule has 1 aromatic rings. The van der Waals surface area contributed by atoms with Crippen LogP contribution in [0.25, 0.3) is 0 Å². The zero-order valence-electron chi connectivity index (χ0n) is 9.78. The molecule has 0 saturated heterocycles. The number of rotatable bonds is 4. The van der Waals surface area contributed by atoms with Gasteiger partial charge in [-0.25, -0.2) is 13.6 Å². The van der Waals surface area contributed by atoms with Gasteiger partial charge >= 0.3 is 6.18 Å². The highest BCUT2D eigenvalue weighted by Crippen LogP contribution is 2.21. The molecule has 0 aliphatic heterocycles. The maximum Gasteiger partial charge on any atom is 0.391 e. The van der Waals surface area contributed by atoms with E-state index in [0.29, 0.717) is 0 Å². The molecule has 0 aliphatic rings. The number of aromatic amines is 1. The number of nitrogens with one attached hydrogen (secondary N) is 2. The number of carbonyl (C=O) groups is 1. The Kier molecular flexibility index (Phi) is 4.25. The van der Waals surface area contributed by atoms with Crippen LogP contribution in [0.1, 0.15) is 23.8 Å². The Hall–Kier alpha value is -1.55. The third-order valence-corrected chi connectivity index (χ3v) is 3.04. The van der Waals surface area contributed by atoms with E-state index in [1.807, 2.05) is 0 Å². The van der Waals surface area contributed by atoms with Gasteiger partial charge in [-0.3, -0.25) is 4.79 Å². The fraction of sp³-hybridized carbons (Fsp3) is 0.444. The minimum absolute atomic E-state index is 0.182. The lowest BCUT2D eigenvalue weighted by Crippen LogP contribution is -2.36. The van der Waals surface area contributed by atoms with E-state index in [1.54, 1.807) is 0 Å². The molecular formula is C9H12F3N3O3S. The van der Waals surface area contributed by atoms with Crippen LogP contribution in [0.3, 0.4) is 0 Å². The second kappa shape index (κ2) is 5.21. The Balaban J connectivity index is 2.72. The molecule has 19 heavy (non-hydrogen) atoms. The first-order valence-electron chi connectivity index (χ1n) is 5.08. The highest BCUT2D eigenvalue weighted by Gasteiger charge is 2.30. The first-order chi connectivity index (χ1) is 8.49. The van der Waals surface area contributed by atoms with Crippen LogP contribution in [0.4, 0.5) is 13.2 Å². The fourth-order valence-corrected chi connectivity index (χ4v) is 1.87. The third kappa shape index (κ3) is 4.91. The van der Waals surface area contributed by atoms with Gasteiger partial charge in [0.25, 0.3) is 5.91 Å². The minimum atomic E-state index is -4.39. The maximum atomic E-state index is 12.1. The summed E-state index contributed by atoms with van der Waals surface area (Å²) in [6.07, 6.45) is -4.59. The molecule has 108 valence electrons. The summed E-state index contributed by atoms with van der Waals surface area (Å²) in [7, 11) is -3.96. The normalized spacial score (nSPS) is 14.2. The second-order valence-corrected chi connectivity index (χ2v) is 5.55. The molecule has 1 atom stereocenters. The van der Waals surface area contributed by atoms with E-state index >= 15 is 0 Å². The van der Waals surface area contributed by atoms with E-state index in [1.165, 1.54) is 6.92 Å². The van der Waals surface area contributed by atoms with Gasteiger partial charge in [0.05, 0.1) is 11.3 Å². The standard InChI is InChI=1S/C9H12F3N3O3S/c1-5(3-9(10,11)12)15-8(16)7-2-6(4-14-7)19(13,17)18/h2,4-5,14H,3H2,1H3,(H,15,16)(H2,13,17,18). The smallest absolute Gasteiger partial charge is 0.356 e. The van der Waals surface area contributed by atoms with E-state index in [2.05, 4.69) is 10.3 Å². The van der Waals surface area contributed by atoms with Crippen molar-refractivity contribution >= 4 is 15.9 Å². The van der Waals surface area contributed by atoms with Crippen molar-refractivity contribution in [2.24, 2.45) is 5.14 Å². The number of H-pyrrole nitrogens is 1. The van der Waals surface area contributed by atoms with Crippen LogP contribution >= 0.6 is 0 Å². The molecule has 0 fully saturated rings. The van der Waals surface area contributed by atoms with Gasteiger partial charge in [-0.2, -0.15) is 13.2 Å². The number of aromatic nitrogens is 1. The number of amides is 1. The monoisotopic (exact) mass is 299 g/mol. The number of sulfonamides is 1. The Morgan fingerprint density at radius 3 is 2.53 bits per heavy atom. The molecule has 6 nitrogen and oxygen atoms in total. The molecule has 0 bridgehead atoms. The number of nitrogens with two attached hydrogens (primary N) is 1. The number of carbonyl (C=O) groups excluding carboxylic acids is 1. The van der Waals surface area contributed by atoms with Crippen molar-refractivity contribution in [3.8, 4) is 0 Å². The van der Waals surface area contributed by atoms with Crippen LogP contribution < -0.4 is 10.5 Å². The third-order valence-electron chi connectivity index (χ3n) is 2.14. The van der Waals surface area contributed by atoms with Gasteiger partial charge < -0.3 is 10.3 Å². The molecule has 10 heteroatoms. The summed E-state index contributed by atoms with van der Waals surface area (Å²) < 4.78 is 58.1. The van der Waals surface area contributed by atoms with Crippen molar-refractivity contribution in [1.82, 2.24) is 10.3 Å². The van der Waals surface area contributed by atoms with Crippen molar-refractivity contribution in [3.05, 3.63) is 18.0 Å². The average molecular weight is 299 g/mol. The van der Waals surface area contributed by atoms with Crippen molar-refractivity contribution in [2.45, 2.75) is 30.5 Å². The topological polar surface area (TPSA) is 105 Å². The van der Waals surface area contributed by atoms with Crippen LogP contribution in [0.5, 0.6) is 0 Å². The van der Waals surface area contributed by atoms with Gasteiger partial charge in [0.15, 0.2) is 0 Å². The molecule has 0 saturated carbocycles. The summed E-state index contributed by atoms with van der Waals surface area (Å²) in [6.45, 7) is 1.19. The Bertz CT molecular complexity index is 565. The van der Waals surface area contributed by atoms with Crippen LogP contribution in [0.2, 0.25) is 0 Å². The molecule has 0 aliphatic carbocycles. The van der Waals surface area contributed by atoms with E-state index in [-0.39, 0.29) is 10.6 Å². The summed E-state index contributed by atoms with van der Waals surface area (Å²) in [5.41, 5.74) is -0.182. The predicted molar refractivity (Wildman–Crippen MR) is 59.8 cm³/mol. The maximum absolute atomic E-state index is 12.1. The van der Waals surface area contributed by atoms with Crippen LogP contribution in [-0.2, 0) is 10.0 Å². The zero-order valence-corrected chi connectivity index (χ0v) is 10.6. The van der Waals surface area contributed by atoms with Crippen molar-refractivity contribution < 1.29 is 26.4 Å². The SMILES string of the molecule is CC(CC(F)(F)F)NC(=O)c1cc(S(N)(=O)=O)c[nH]1. The Morgan fingerprint density at radius 2 is 2.11 bits per heavy atom. The van der Waals surface area contributed by atoms with Crippen LogP contribution in [-0.4, -0.2) is 31.5 Å². The number of hydrogen-bond acceptors (Lipinski definition) is 3. The highest BCUT2D eigenvalue weighted by atomic mass is 32.2. The lowest BCUT2D eigenvalue weighted by molar-refractivity contribution is -0.138. The van der Waals surface area contributed by atoms with E-state index in [0.717, 1.165) is 12.3 Å². The van der Waals surface area contributed by atoms with Crippen molar-refractivity contribution in [2.75, 3.05) is 0 Å². The van der Waals surface area contributed by atoms with Gasteiger partial charge in [0.1, 0.15) is 5.69 Å². The first kappa shape index (κ1) is 15.5. The minimum Gasteiger partial charge on any atom is -0.356 e. The molecule has 0 aromatic carbocycles. The molecule has 0 radical (unpaired) electrons. The van der Waals surface area contributed by atoms with Crippen molar-refractivity contribution in [3.63, 3.8) is 0 Å². The zero-order chi connectivity index (χ0) is 14.8. The summed E-state index contributed by atoms with van der Waals surface area (Å²) in [5.74, 6) is -0.841. The summed E-state index contributed by atoms with van der Waals surface area (Å²) in [4.78, 5) is 13.5. The quantitative estimate of drug-likeness (QED) is 0.763. The van der Waals surface area contributed by atoms with Crippen LogP contribution in [0.15, 0.2) is 17.2 Å². The molecule has 1 rings (SSSR count). The van der Waals surface area contributed by atoms with Gasteiger partial charge in [0, 0.05) is 12.2 Å². The molecule has 1 aromatic heterocycles. The number of alkyl halides is 3. The van der Waals surface area contributed by atoms with Crippen LogP contribution in [0, 0.1) is 0 Å². The largest absolute Gasteiger partial charge is 0.391 e. The predicted octanol–water partition coefficient (Wildman–Crippen LogP) is 0.733. The molecule has 0 spiro atoms. The number of primary sulfonamides is 1. The average Bonchev–Trinajstić information content (AvgIpc) is 2.61. The lowest BCUT2D eigenvalue weighted by atomic mass is 10.2. The van der Waals surface area contributed by atoms with Gasteiger partial charge in [-0.1, -0.05) is 0 Å². The molecule has 4 N–H and O–H groups in total. The number of hydrogen-bond donors (Lipinski definition) is 3. The van der Waals surface area contributed by atoms with E-state index in [9.17, 15) is 26.4 Å². The first-order valence-corrected chi connectivity index (χ1v) is 6.62. The van der Waals surface area contributed by atoms with Crippen molar-refractivity contribution in [1.29, 1.82) is 0 Å². The Morgan fingerprint density at radius 1 is 1.53 bits per heavy atom. The van der Waals surface area contributed by atoms with E-state index in [4.69, 9.17) is 5.14 Å².